The molecule has 1 aromatic heterocycles. The molecule has 4 rings (SSSR count). The lowest BCUT2D eigenvalue weighted by Crippen LogP contribution is -2.43. The highest BCUT2D eigenvalue weighted by molar-refractivity contribution is 7.98. The molecule has 1 atom stereocenters. The van der Waals surface area contributed by atoms with Gasteiger partial charge in [-0.1, -0.05) is 59.3 Å². The van der Waals surface area contributed by atoms with Crippen molar-refractivity contribution in [2.24, 2.45) is 5.92 Å². The van der Waals surface area contributed by atoms with Gasteiger partial charge in [-0.25, -0.2) is 0 Å². The number of piperidine rings is 1. The molecule has 1 saturated heterocycles. The van der Waals surface area contributed by atoms with Gasteiger partial charge in [0.25, 0.3) is 0 Å². The summed E-state index contributed by atoms with van der Waals surface area (Å²) in [6.45, 7) is 7.21. The summed E-state index contributed by atoms with van der Waals surface area (Å²) in [6.07, 6.45) is 2.93. The Bertz CT molecular complexity index is 1070. The average molecular weight is 479 g/mol. The number of nitrogens with one attached hydrogen (secondary N) is 1. The lowest BCUT2D eigenvalue weighted by molar-refractivity contribution is -0.126. The highest BCUT2D eigenvalue weighted by atomic mass is 32.2. The molecule has 0 aliphatic carbocycles. The van der Waals surface area contributed by atoms with E-state index < -0.39 is 0 Å². The maximum absolute atomic E-state index is 12.7. The molecular weight excluding hydrogens is 444 g/mol. The maximum atomic E-state index is 12.7. The molecule has 7 heteroatoms. The predicted molar refractivity (Wildman–Crippen MR) is 137 cm³/mol. The van der Waals surface area contributed by atoms with Crippen molar-refractivity contribution < 1.29 is 9.32 Å². The SMILES string of the molecule is Cc1ccc(-c2noc(CN3CCCC(C(=O)NCCCSCc4ccccc4C)C3)n2)cc1. The van der Waals surface area contributed by atoms with Crippen molar-refractivity contribution in [2.75, 3.05) is 25.4 Å². The van der Waals surface area contributed by atoms with E-state index in [-0.39, 0.29) is 11.8 Å². The number of benzene rings is 2. The third kappa shape index (κ3) is 6.93. The van der Waals surface area contributed by atoms with E-state index in [2.05, 4.69) is 58.5 Å². The molecule has 3 aromatic rings. The number of carbonyl (C=O) groups excluding carboxylic acids is 1. The normalized spacial score (nSPS) is 16.5. The fraction of sp³-hybridized carbons (Fsp3) is 0.444. The zero-order valence-corrected chi connectivity index (χ0v) is 20.9. The number of aromatic nitrogens is 2. The second-order valence-corrected chi connectivity index (χ2v) is 10.2. The van der Waals surface area contributed by atoms with E-state index in [1.54, 1.807) is 0 Å². The molecule has 0 spiro atoms. The summed E-state index contributed by atoms with van der Waals surface area (Å²) in [6, 6.07) is 16.6. The number of hydrogen-bond donors (Lipinski definition) is 1. The Morgan fingerprint density at radius 2 is 2.00 bits per heavy atom. The molecular formula is C27H34N4O2S. The van der Waals surface area contributed by atoms with Crippen LogP contribution in [0.4, 0.5) is 0 Å². The Balaban J connectivity index is 1.17. The first-order valence-corrected chi connectivity index (χ1v) is 13.3. The molecule has 2 heterocycles. The van der Waals surface area contributed by atoms with Crippen LogP contribution >= 0.6 is 11.8 Å². The molecule has 0 radical (unpaired) electrons. The molecule has 0 saturated carbocycles. The zero-order valence-electron chi connectivity index (χ0n) is 20.1. The Kier molecular flexibility index (Phi) is 8.77. The zero-order chi connectivity index (χ0) is 23.8. The molecule has 1 unspecified atom stereocenters. The molecule has 180 valence electrons. The minimum atomic E-state index is 0.0212. The largest absolute Gasteiger partial charge is 0.356 e. The summed E-state index contributed by atoms with van der Waals surface area (Å²) in [4.78, 5) is 19.5. The van der Waals surface area contributed by atoms with Gasteiger partial charge in [-0.3, -0.25) is 9.69 Å². The van der Waals surface area contributed by atoms with Crippen molar-refractivity contribution >= 4 is 17.7 Å². The molecule has 2 aromatic carbocycles. The number of likely N-dealkylation sites (tertiary alicyclic amines) is 1. The number of hydrogen-bond acceptors (Lipinski definition) is 6. The summed E-state index contributed by atoms with van der Waals surface area (Å²) in [7, 11) is 0. The van der Waals surface area contributed by atoms with Crippen molar-refractivity contribution in [1.29, 1.82) is 0 Å². The molecule has 6 nitrogen and oxygen atoms in total. The van der Waals surface area contributed by atoms with Gasteiger partial charge in [0.15, 0.2) is 0 Å². The van der Waals surface area contributed by atoms with Crippen LogP contribution in [0.3, 0.4) is 0 Å². The van der Waals surface area contributed by atoms with Gasteiger partial charge >= 0.3 is 0 Å². The lowest BCUT2D eigenvalue weighted by Gasteiger charge is -2.30. The molecule has 0 bridgehead atoms. The van der Waals surface area contributed by atoms with Gasteiger partial charge in [-0.2, -0.15) is 16.7 Å². The minimum Gasteiger partial charge on any atom is -0.356 e. The molecule has 1 N–H and O–H groups in total. The number of aryl methyl sites for hydroxylation is 2. The summed E-state index contributed by atoms with van der Waals surface area (Å²) >= 11 is 1.93. The lowest BCUT2D eigenvalue weighted by atomic mass is 9.97. The summed E-state index contributed by atoms with van der Waals surface area (Å²) < 4.78 is 5.48. The Morgan fingerprint density at radius 3 is 2.82 bits per heavy atom. The first-order chi connectivity index (χ1) is 16.6. The van der Waals surface area contributed by atoms with Crippen LogP contribution in [0.15, 0.2) is 53.1 Å². The van der Waals surface area contributed by atoms with E-state index >= 15 is 0 Å². The van der Waals surface area contributed by atoms with Crippen molar-refractivity contribution in [3.63, 3.8) is 0 Å². The van der Waals surface area contributed by atoms with Crippen LogP contribution in [0.1, 0.15) is 41.8 Å². The van der Waals surface area contributed by atoms with Crippen LogP contribution in [-0.2, 0) is 17.1 Å². The van der Waals surface area contributed by atoms with E-state index in [4.69, 9.17) is 4.52 Å². The van der Waals surface area contributed by atoms with E-state index in [0.717, 1.165) is 56.0 Å². The number of rotatable bonds is 10. The third-order valence-corrected chi connectivity index (χ3v) is 7.39. The van der Waals surface area contributed by atoms with Crippen LogP contribution in [-0.4, -0.2) is 46.3 Å². The quantitative estimate of drug-likeness (QED) is 0.413. The van der Waals surface area contributed by atoms with Crippen LogP contribution in [0, 0.1) is 19.8 Å². The second-order valence-electron chi connectivity index (χ2n) is 9.08. The summed E-state index contributed by atoms with van der Waals surface area (Å²) in [5.74, 6) is 3.47. The van der Waals surface area contributed by atoms with Crippen LogP contribution in [0.2, 0.25) is 0 Å². The van der Waals surface area contributed by atoms with E-state index in [9.17, 15) is 4.79 Å². The van der Waals surface area contributed by atoms with Crippen LogP contribution in [0.5, 0.6) is 0 Å². The van der Waals surface area contributed by atoms with Gasteiger partial charge in [-0.05, 0) is 56.5 Å². The van der Waals surface area contributed by atoms with E-state index in [1.165, 1.54) is 16.7 Å². The molecule has 34 heavy (non-hydrogen) atoms. The van der Waals surface area contributed by atoms with Gasteiger partial charge in [0.2, 0.25) is 17.6 Å². The van der Waals surface area contributed by atoms with Gasteiger partial charge in [0.05, 0.1) is 12.5 Å². The van der Waals surface area contributed by atoms with Gasteiger partial charge in [0, 0.05) is 24.4 Å². The van der Waals surface area contributed by atoms with Crippen molar-refractivity contribution in [3.8, 4) is 11.4 Å². The standard InChI is InChI=1S/C27H34N4O2S/c1-20-10-12-22(13-11-20)26-29-25(33-30-26)18-31-15-5-9-23(17-31)27(32)28-14-6-16-34-19-24-8-4-3-7-21(24)2/h3-4,7-8,10-13,23H,5-6,9,14-19H2,1-2H3,(H,28,32). The van der Waals surface area contributed by atoms with Crippen molar-refractivity contribution in [3.05, 3.63) is 71.1 Å². The van der Waals surface area contributed by atoms with Crippen LogP contribution in [0.25, 0.3) is 11.4 Å². The van der Waals surface area contributed by atoms with E-state index in [1.807, 2.05) is 36.0 Å². The molecule has 1 fully saturated rings. The number of nitrogens with zero attached hydrogens (tertiary/aromatic N) is 3. The third-order valence-electron chi connectivity index (χ3n) is 6.30. The first-order valence-electron chi connectivity index (χ1n) is 12.1. The highest BCUT2D eigenvalue weighted by Gasteiger charge is 2.26. The van der Waals surface area contributed by atoms with Gasteiger partial charge in [0.1, 0.15) is 0 Å². The van der Waals surface area contributed by atoms with Crippen molar-refractivity contribution in [1.82, 2.24) is 20.4 Å². The molecule has 1 aliphatic rings. The summed E-state index contributed by atoms with van der Waals surface area (Å²) in [5.41, 5.74) is 4.89. The molecule has 1 amide bonds. The number of amides is 1. The Morgan fingerprint density at radius 1 is 1.18 bits per heavy atom. The Hall–Kier alpha value is -2.64. The van der Waals surface area contributed by atoms with Crippen molar-refractivity contribution in [2.45, 2.75) is 45.4 Å². The first kappa shape index (κ1) is 24.5. The fourth-order valence-corrected chi connectivity index (χ4v) is 5.26. The monoisotopic (exact) mass is 478 g/mol. The second kappa shape index (κ2) is 12.2. The number of thioether (sulfide) groups is 1. The highest BCUT2D eigenvalue weighted by Crippen LogP contribution is 2.21. The maximum Gasteiger partial charge on any atom is 0.241 e. The average Bonchev–Trinajstić information content (AvgIpc) is 3.31. The van der Waals surface area contributed by atoms with E-state index in [0.29, 0.717) is 18.3 Å². The van der Waals surface area contributed by atoms with Gasteiger partial charge < -0.3 is 9.84 Å². The minimum absolute atomic E-state index is 0.0212. The van der Waals surface area contributed by atoms with Crippen LogP contribution < -0.4 is 5.32 Å². The smallest absolute Gasteiger partial charge is 0.241 e. The topological polar surface area (TPSA) is 71.3 Å². The summed E-state index contributed by atoms with van der Waals surface area (Å²) in [5, 5.41) is 7.28. The Labute approximate surface area is 206 Å². The molecule has 1 aliphatic heterocycles. The fourth-order valence-electron chi connectivity index (χ4n) is 4.23. The number of carbonyl (C=O) groups is 1. The predicted octanol–water partition coefficient (Wildman–Crippen LogP) is 5.01. The van der Waals surface area contributed by atoms with Gasteiger partial charge in [-0.15, -0.1) is 0 Å².